The monoisotopic (exact) mass is 1010 g/mol. The van der Waals surface area contributed by atoms with Crippen molar-refractivity contribution >= 4 is 53.0 Å². The third kappa shape index (κ3) is 37.2. The predicted octanol–water partition coefficient (Wildman–Crippen LogP) is 5.64. The van der Waals surface area contributed by atoms with E-state index in [9.17, 15) is 53.4 Å². The number of aliphatic carboxylic acids is 2. The molecule has 0 spiro atoms. The Kier molecular flexibility index (Phi) is 38.0. The number of carbonyl (C=O) groups is 9. The van der Waals surface area contributed by atoms with Gasteiger partial charge in [-0.05, 0) is 62.8 Å². The minimum Gasteiger partial charge on any atom is -0.494 e. The highest BCUT2D eigenvalue weighted by molar-refractivity contribution is 5.90. The second-order valence-corrected chi connectivity index (χ2v) is 17.3. The number of carboxylic acid groups (broad SMARTS) is 3. The van der Waals surface area contributed by atoms with Gasteiger partial charge >= 0.3 is 17.9 Å². The van der Waals surface area contributed by atoms with Crippen molar-refractivity contribution in [3.8, 4) is 5.75 Å². The van der Waals surface area contributed by atoms with Gasteiger partial charge in [0, 0.05) is 64.6 Å². The summed E-state index contributed by atoms with van der Waals surface area (Å²) in [5.41, 5.74) is 0.230. The zero-order valence-electron chi connectivity index (χ0n) is 41.9. The molecule has 0 fully saturated rings. The minimum atomic E-state index is -1.19. The molecule has 1 aromatic rings. The number of carbonyl (C=O) groups excluding carboxylic acids is 6. The number of hydrogen-bond donors (Lipinski definition) is 6. The number of carboxylic acids is 3. The van der Waals surface area contributed by atoms with Gasteiger partial charge in [0.1, 0.15) is 24.7 Å². The van der Waals surface area contributed by atoms with Crippen LogP contribution in [0.1, 0.15) is 159 Å². The lowest BCUT2D eigenvalue weighted by Crippen LogP contribution is -2.41. The average Bonchev–Trinajstić information content (AvgIpc) is 3.34. The van der Waals surface area contributed by atoms with E-state index >= 15 is 0 Å². The Morgan fingerprint density at radius 3 is 1.72 bits per heavy atom. The molecule has 1 rings (SSSR count). The van der Waals surface area contributed by atoms with E-state index in [2.05, 4.69) is 16.0 Å². The van der Waals surface area contributed by atoms with Crippen molar-refractivity contribution in [3.63, 3.8) is 0 Å². The van der Waals surface area contributed by atoms with Crippen molar-refractivity contribution in [2.45, 2.75) is 154 Å². The molecule has 0 aromatic heterocycles. The van der Waals surface area contributed by atoms with Gasteiger partial charge in [-0.25, -0.2) is 4.79 Å². The number of amides is 3. The number of nitrogens with one attached hydrogen (secondary N) is 3. The van der Waals surface area contributed by atoms with E-state index in [1.807, 2.05) is 6.92 Å². The van der Waals surface area contributed by atoms with Crippen LogP contribution in [0.3, 0.4) is 0 Å². The fourth-order valence-electron chi connectivity index (χ4n) is 7.05. The molecule has 6 N–H and O–H groups in total. The molecule has 0 aliphatic rings. The van der Waals surface area contributed by atoms with Gasteiger partial charge in [-0.3, -0.25) is 38.4 Å². The van der Waals surface area contributed by atoms with Crippen molar-refractivity contribution in [3.05, 3.63) is 29.8 Å². The lowest BCUT2D eigenvalue weighted by Gasteiger charge is -2.18. The van der Waals surface area contributed by atoms with Crippen molar-refractivity contribution in [1.82, 2.24) is 16.0 Å². The third-order valence-electron chi connectivity index (χ3n) is 11.1. The number of aromatic carboxylic acids is 1. The number of unbranched alkanes of at least 4 members (excludes halogenated alkanes) is 10. The van der Waals surface area contributed by atoms with Gasteiger partial charge in [0.05, 0.1) is 57.2 Å². The van der Waals surface area contributed by atoms with Crippen LogP contribution in [0.5, 0.6) is 5.75 Å². The standard InChI is InChI=1S/C51H81N3O17/c1-2-27-52-46(58)25-20-42(56)37-69-34-33-68-31-28-53-48(60)38-70-35-32-67-29-14-16-45(57)44(23-26-49(61)62)54-47(59)24-19-40(51(65)66)36-41(55)15-12-10-8-6-4-3-5-7-9-11-13-30-71-43-21-17-39(18-22-43)50(63)64/h17-18,21-22,40,44H,2-16,19-20,23-38H2,1H3,(H,52,58)(H,53,60)(H,54,59)(H,61,62)(H,63,64)(H,65,66). The van der Waals surface area contributed by atoms with Crippen molar-refractivity contribution < 1.29 is 82.2 Å². The van der Waals surface area contributed by atoms with E-state index in [0.717, 1.165) is 70.6 Å². The number of ether oxygens (including phenoxy) is 5. The highest BCUT2D eigenvalue weighted by atomic mass is 16.5. The first-order valence-corrected chi connectivity index (χ1v) is 25.3. The molecular formula is C51H81N3O17. The quantitative estimate of drug-likeness (QED) is 0.0430. The molecule has 402 valence electrons. The second-order valence-electron chi connectivity index (χ2n) is 17.3. The second kappa shape index (κ2) is 42.4. The molecule has 71 heavy (non-hydrogen) atoms. The van der Waals surface area contributed by atoms with Gasteiger partial charge in [-0.15, -0.1) is 0 Å². The molecule has 0 heterocycles. The van der Waals surface area contributed by atoms with Crippen LogP contribution in [0.4, 0.5) is 0 Å². The average molecular weight is 1010 g/mol. The van der Waals surface area contributed by atoms with Crippen molar-refractivity contribution in [1.29, 1.82) is 0 Å². The van der Waals surface area contributed by atoms with Crippen LogP contribution in [-0.2, 0) is 57.3 Å². The molecule has 2 atom stereocenters. The van der Waals surface area contributed by atoms with Crippen LogP contribution < -0.4 is 20.7 Å². The Hall–Kier alpha value is -5.31. The fraction of sp³-hybridized carbons (Fsp3) is 0.706. The predicted molar refractivity (Wildman–Crippen MR) is 261 cm³/mol. The van der Waals surface area contributed by atoms with Crippen LogP contribution in [0, 0.1) is 5.92 Å². The topological polar surface area (TPSA) is 297 Å². The summed E-state index contributed by atoms with van der Waals surface area (Å²) >= 11 is 0. The number of ketones is 3. The maximum Gasteiger partial charge on any atom is 0.335 e. The first-order chi connectivity index (χ1) is 34.2. The van der Waals surface area contributed by atoms with Gasteiger partial charge in [0.2, 0.25) is 17.7 Å². The lowest BCUT2D eigenvalue weighted by atomic mass is 9.94. The van der Waals surface area contributed by atoms with Crippen LogP contribution >= 0.6 is 0 Å². The summed E-state index contributed by atoms with van der Waals surface area (Å²) in [6.07, 6.45) is 11.8. The summed E-state index contributed by atoms with van der Waals surface area (Å²) in [6, 6.07) is 5.30. The Morgan fingerprint density at radius 2 is 1.10 bits per heavy atom. The number of benzene rings is 1. The molecule has 3 amide bonds. The zero-order valence-corrected chi connectivity index (χ0v) is 41.9. The molecule has 0 radical (unpaired) electrons. The molecule has 2 unspecified atom stereocenters. The van der Waals surface area contributed by atoms with Crippen LogP contribution in [0.25, 0.3) is 0 Å². The van der Waals surface area contributed by atoms with Crippen LogP contribution in [-0.4, -0.2) is 147 Å². The molecule has 0 aliphatic heterocycles. The van der Waals surface area contributed by atoms with Gasteiger partial charge in [-0.2, -0.15) is 0 Å². The van der Waals surface area contributed by atoms with Crippen LogP contribution in [0.15, 0.2) is 24.3 Å². The van der Waals surface area contributed by atoms with E-state index in [0.29, 0.717) is 25.3 Å². The summed E-state index contributed by atoms with van der Waals surface area (Å²) in [5, 5.41) is 35.8. The smallest absolute Gasteiger partial charge is 0.335 e. The first kappa shape index (κ1) is 63.7. The molecule has 0 bridgehead atoms. The highest BCUT2D eigenvalue weighted by Gasteiger charge is 2.25. The summed E-state index contributed by atoms with van der Waals surface area (Å²) in [7, 11) is 0. The van der Waals surface area contributed by atoms with Gasteiger partial charge in [0.25, 0.3) is 0 Å². The molecule has 0 saturated carbocycles. The number of Topliss-reactive ketones (excluding diaryl/α,β-unsaturated/α-hetero) is 3. The maximum absolute atomic E-state index is 13.0. The third-order valence-corrected chi connectivity index (χ3v) is 11.1. The Morgan fingerprint density at radius 1 is 0.507 bits per heavy atom. The van der Waals surface area contributed by atoms with Gasteiger partial charge in [-0.1, -0.05) is 64.7 Å². The van der Waals surface area contributed by atoms with Gasteiger partial charge < -0.3 is 55.0 Å². The molecule has 0 aliphatic carbocycles. The molecular weight excluding hydrogens is 927 g/mol. The number of hydrogen-bond acceptors (Lipinski definition) is 14. The zero-order chi connectivity index (χ0) is 52.3. The Bertz CT molecular complexity index is 1710. The van der Waals surface area contributed by atoms with Gasteiger partial charge in [0.15, 0.2) is 11.6 Å². The van der Waals surface area contributed by atoms with E-state index < -0.39 is 41.6 Å². The molecule has 1 aromatic carbocycles. The Labute approximate surface area is 418 Å². The van der Waals surface area contributed by atoms with Crippen molar-refractivity contribution in [2.75, 3.05) is 72.6 Å². The highest BCUT2D eigenvalue weighted by Crippen LogP contribution is 2.18. The summed E-state index contributed by atoms with van der Waals surface area (Å²) in [4.78, 5) is 108. The number of rotatable bonds is 49. The van der Waals surface area contributed by atoms with E-state index in [-0.39, 0.29) is 153 Å². The Balaban J connectivity index is 2.14. The summed E-state index contributed by atoms with van der Waals surface area (Å²) in [6.45, 7) is 4.09. The molecule has 20 heteroatoms. The largest absolute Gasteiger partial charge is 0.494 e. The van der Waals surface area contributed by atoms with E-state index in [1.54, 1.807) is 12.1 Å². The fourth-order valence-corrected chi connectivity index (χ4v) is 7.05. The molecule has 0 saturated heterocycles. The van der Waals surface area contributed by atoms with Crippen molar-refractivity contribution in [2.24, 2.45) is 5.92 Å². The normalized spacial score (nSPS) is 11.8. The first-order valence-electron chi connectivity index (χ1n) is 25.3. The van der Waals surface area contributed by atoms with E-state index in [1.165, 1.54) is 12.1 Å². The lowest BCUT2D eigenvalue weighted by molar-refractivity contribution is -0.144. The molecule has 20 nitrogen and oxygen atoms in total. The minimum absolute atomic E-state index is 0.0125. The van der Waals surface area contributed by atoms with E-state index in [4.69, 9.17) is 28.8 Å². The van der Waals surface area contributed by atoms with Crippen LogP contribution in [0.2, 0.25) is 0 Å². The summed E-state index contributed by atoms with van der Waals surface area (Å²) < 4.78 is 27.0. The summed E-state index contributed by atoms with van der Waals surface area (Å²) in [5.74, 6) is -5.58. The maximum atomic E-state index is 13.0. The SMILES string of the molecule is CCCNC(=O)CCC(=O)COCCOCCNC(=O)COCCOCCCC(=O)C(CCC(=O)O)NC(=O)CCC(CC(=O)CCCCCCCCCCCCCOc1ccc(C(=O)O)cc1)C(=O)O.